The highest BCUT2D eigenvalue weighted by atomic mass is 32.1. The number of aryl methyl sites for hydroxylation is 1. The van der Waals surface area contributed by atoms with E-state index in [0.717, 1.165) is 60.4 Å². The third kappa shape index (κ3) is 4.18. The van der Waals surface area contributed by atoms with Crippen LogP contribution in [-0.2, 0) is 12.0 Å². The van der Waals surface area contributed by atoms with Gasteiger partial charge >= 0.3 is 0 Å². The van der Waals surface area contributed by atoms with Crippen molar-refractivity contribution < 1.29 is 4.39 Å². The molecule has 0 atom stereocenters. The van der Waals surface area contributed by atoms with Crippen LogP contribution in [0.3, 0.4) is 0 Å². The molecule has 1 saturated heterocycles. The van der Waals surface area contributed by atoms with Crippen LogP contribution in [0.1, 0.15) is 35.5 Å². The Morgan fingerprint density at radius 2 is 1.84 bits per heavy atom. The predicted octanol–water partition coefficient (Wildman–Crippen LogP) is 5.64. The second-order valence-electron chi connectivity index (χ2n) is 8.37. The number of halogens is 1. The molecule has 4 aromatic rings. The van der Waals surface area contributed by atoms with E-state index < -0.39 is 0 Å². The van der Waals surface area contributed by atoms with Gasteiger partial charge in [0, 0.05) is 28.7 Å². The number of imidazole rings is 1. The number of nitrogens with one attached hydrogen (secondary N) is 2. The van der Waals surface area contributed by atoms with Crippen molar-refractivity contribution in [2.24, 2.45) is 0 Å². The maximum atomic E-state index is 13.2. The van der Waals surface area contributed by atoms with Crippen LogP contribution in [0.25, 0.3) is 0 Å². The quantitative estimate of drug-likeness (QED) is 0.402. The fraction of sp³-hybridized carbons (Fsp3) is 0.280. The number of thiazole rings is 1. The lowest BCUT2D eigenvalue weighted by atomic mass is 9.70. The lowest BCUT2D eigenvalue weighted by Gasteiger charge is -2.41. The smallest absolute Gasteiger partial charge is 0.187 e. The molecular weight excluding hydrogens is 421 g/mol. The molecule has 1 aliphatic heterocycles. The highest BCUT2D eigenvalue weighted by molar-refractivity contribution is 7.13. The van der Waals surface area contributed by atoms with Crippen LogP contribution in [0.2, 0.25) is 0 Å². The van der Waals surface area contributed by atoms with E-state index in [0.29, 0.717) is 0 Å². The minimum atomic E-state index is -0.241. The fourth-order valence-corrected chi connectivity index (χ4v) is 5.34. The summed E-state index contributed by atoms with van der Waals surface area (Å²) in [4.78, 5) is 15.1. The van der Waals surface area contributed by atoms with Crippen LogP contribution < -0.4 is 5.32 Å². The average Bonchev–Trinajstić information content (AvgIpc) is 3.46. The monoisotopic (exact) mass is 447 g/mol. The maximum Gasteiger partial charge on any atom is 0.187 e. The van der Waals surface area contributed by atoms with E-state index in [1.54, 1.807) is 29.8 Å². The first-order valence-electron chi connectivity index (χ1n) is 10.9. The largest absolute Gasteiger partial charge is 0.348 e. The van der Waals surface area contributed by atoms with Gasteiger partial charge in [-0.25, -0.2) is 14.4 Å². The van der Waals surface area contributed by atoms with Crippen molar-refractivity contribution in [2.75, 3.05) is 18.4 Å². The van der Waals surface area contributed by atoms with Crippen molar-refractivity contribution >= 4 is 22.2 Å². The summed E-state index contributed by atoms with van der Waals surface area (Å²) in [6.45, 7) is 4.92. The lowest BCUT2D eigenvalue weighted by Crippen LogP contribution is -2.43. The Hall–Kier alpha value is -3.03. The molecule has 5 rings (SSSR count). The molecule has 0 bridgehead atoms. The summed E-state index contributed by atoms with van der Waals surface area (Å²) >= 11 is 1.60. The number of nitrogens with zero attached hydrogens (tertiary/aromatic N) is 3. The summed E-state index contributed by atoms with van der Waals surface area (Å²) in [5.74, 6) is -0.241. The third-order valence-corrected chi connectivity index (χ3v) is 7.19. The Kier molecular flexibility index (Phi) is 5.76. The molecule has 0 spiro atoms. The molecule has 164 valence electrons. The van der Waals surface area contributed by atoms with Gasteiger partial charge < -0.3 is 10.3 Å². The predicted molar refractivity (Wildman–Crippen MR) is 127 cm³/mol. The molecule has 1 fully saturated rings. The first-order chi connectivity index (χ1) is 15.6. The van der Waals surface area contributed by atoms with E-state index >= 15 is 0 Å². The first-order valence-corrected chi connectivity index (χ1v) is 11.8. The number of rotatable bonds is 6. The molecule has 0 amide bonds. The van der Waals surface area contributed by atoms with Crippen molar-refractivity contribution in [1.29, 1.82) is 0 Å². The highest BCUT2D eigenvalue weighted by Gasteiger charge is 2.40. The van der Waals surface area contributed by atoms with Crippen molar-refractivity contribution in [1.82, 2.24) is 19.9 Å². The summed E-state index contributed by atoms with van der Waals surface area (Å²) < 4.78 is 13.2. The fourth-order valence-electron chi connectivity index (χ4n) is 4.51. The van der Waals surface area contributed by atoms with Gasteiger partial charge in [0.05, 0.1) is 17.7 Å². The maximum absolute atomic E-state index is 13.2. The van der Waals surface area contributed by atoms with Gasteiger partial charge in [0.2, 0.25) is 0 Å². The van der Waals surface area contributed by atoms with Gasteiger partial charge in [0.25, 0.3) is 0 Å². The molecule has 1 aliphatic rings. The Morgan fingerprint density at radius 3 is 2.53 bits per heavy atom. The van der Waals surface area contributed by atoms with E-state index in [9.17, 15) is 4.39 Å². The number of aromatic amines is 1. The molecule has 0 aliphatic carbocycles. The molecule has 7 heteroatoms. The van der Waals surface area contributed by atoms with Gasteiger partial charge in [-0.3, -0.25) is 4.90 Å². The third-order valence-electron chi connectivity index (χ3n) is 6.43. The zero-order chi connectivity index (χ0) is 22.0. The number of likely N-dealkylation sites (tertiary alicyclic amines) is 1. The minimum absolute atomic E-state index is 0.113. The number of H-pyrrole nitrogens is 1. The molecule has 2 aromatic carbocycles. The van der Waals surface area contributed by atoms with Gasteiger partial charge in [-0.05, 0) is 62.7 Å². The SMILES string of the molecule is Cc1[nH]cnc1CN1CCC(c2ccccc2)(c2csc(Nc3ccc(F)cc3)n2)CC1. The number of piperidine rings is 1. The van der Waals surface area contributed by atoms with Gasteiger partial charge in [-0.2, -0.15) is 0 Å². The summed E-state index contributed by atoms with van der Waals surface area (Å²) in [5, 5.41) is 6.33. The minimum Gasteiger partial charge on any atom is -0.348 e. The van der Waals surface area contributed by atoms with E-state index in [1.807, 2.05) is 0 Å². The zero-order valence-electron chi connectivity index (χ0n) is 18.0. The topological polar surface area (TPSA) is 56.8 Å². The molecule has 0 unspecified atom stereocenters. The van der Waals surface area contributed by atoms with Crippen LogP contribution in [0.15, 0.2) is 66.3 Å². The number of hydrogen-bond donors (Lipinski definition) is 2. The molecule has 2 aromatic heterocycles. The Balaban J connectivity index is 1.38. The van der Waals surface area contributed by atoms with Gasteiger partial charge in [-0.1, -0.05) is 30.3 Å². The van der Waals surface area contributed by atoms with Crippen LogP contribution in [0.4, 0.5) is 15.2 Å². The van der Waals surface area contributed by atoms with Crippen LogP contribution in [-0.4, -0.2) is 32.9 Å². The number of benzene rings is 2. The average molecular weight is 448 g/mol. The second kappa shape index (κ2) is 8.84. The van der Waals surface area contributed by atoms with Gasteiger partial charge in [0.1, 0.15) is 5.82 Å². The van der Waals surface area contributed by atoms with E-state index in [1.165, 1.54) is 17.7 Å². The van der Waals surface area contributed by atoms with Crippen molar-refractivity contribution in [2.45, 2.75) is 31.7 Å². The van der Waals surface area contributed by atoms with Gasteiger partial charge in [-0.15, -0.1) is 11.3 Å². The van der Waals surface area contributed by atoms with Crippen molar-refractivity contribution in [3.05, 3.63) is 94.8 Å². The lowest BCUT2D eigenvalue weighted by molar-refractivity contribution is 0.169. The van der Waals surface area contributed by atoms with E-state index in [2.05, 4.69) is 62.8 Å². The molecule has 5 nitrogen and oxygen atoms in total. The van der Waals surface area contributed by atoms with Gasteiger partial charge in [0.15, 0.2) is 5.13 Å². The summed E-state index contributed by atoms with van der Waals surface area (Å²) in [5.41, 5.74) is 5.41. The summed E-state index contributed by atoms with van der Waals surface area (Å²) in [6.07, 6.45) is 3.77. The van der Waals surface area contributed by atoms with Crippen LogP contribution in [0, 0.1) is 12.7 Å². The Labute approximate surface area is 191 Å². The standard InChI is InChI=1S/C25H26FN5S/c1-18-22(28-17-27-18)15-31-13-11-25(12-14-31,19-5-3-2-4-6-19)23-16-32-24(30-23)29-21-9-7-20(26)8-10-21/h2-10,16-17H,11-15H2,1H3,(H,27,28)(H,29,30). The van der Waals surface area contributed by atoms with E-state index in [4.69, 9.17) is 4.98 Å². The molecule has 0 radical (unpaired) electrons. The second-order valence-corrected chi connectivity index (χ2v) is 9.23. The molecule has 0 saturated carbocycles. The highest BCUT2D eigenvalue weighted by Crippen LogP contribution is 2.43. The Morgan fingerprint density at radius 1 is 1.09 bits per heavy atom. The van der Waals surface area contributed by atoms with Crippen molar-refractivity contribution in [3.8, 4) is 0 Å². The molecule has 3 heterocycles. The number of aromatic nitrogens is 3. The van der Waals surface area contributed by atoms with Crippen molar-refractivity contribution in [3.63, 3.8) is 0 Å². The number of hydrogen-bond acceptors (Lipinski definition) is 5. The molecule has 2 N–H and O–H groups in total. The normalized spacial score (nSPS) is 16.2. The Bertz CT molecular complexity index is 1160. The van der Waals surface area contributed by atoms with E-state index in [-0.39, 0.29) is 11.2 Å². The zero-order valence-corrected chi connectivity index (χ0v) is 18.8. The van der Waals surface area contributed by atoms with Crippen LogP contribution in [0.5, 0.6) is 0 Å². The van der Waals surface area contributed by atoms with Crippen LogP contribution >= 0.6 is 11.3 Å². The molecule has 32 heavy (non-hydrogen) atoms. The molecular formula is C25H26FN5S. The number of anilines is 2. The summed E-state index contributed by atoms with van der Waals surface area (Å²) in [6, 6.07) is 17.1. The summed E-state index contributed by atoms with van der Waals surface area (Å²) in [7, 11) is 0. The first kappa shape index (κ1) is 20.8.